The Hall–Kier alpha value is -1.52. The van der Waals surface area contributed by atoms with Crippen LogP contribution in [0.15, 0.2) is 30.5 Å². The molecule has 0 saturated carbocycles. The number of halogens is 1. The second kappa shape index (κ2) is 6.08. The predicted octanol–water partition coefficient (Wildman–Crippen LogP) is 2.98. The lowest BCUT2D eigenvalue weighted by molar-refractivity contribution is 0.150. The fourth-order valence-electron chi connectivity index (χ4n) is 1.83. The van der Waals surface area contributed by atoms with Gasteiger partial charge < -0.3 is 9.84 Å². The minimum Gasteiger partial charge on any atom is -0.494 e. The third-order valence-corrected chi connectivity index (χ3v) is 3.34. The Balaban J connectivity index is 2.07. The van der Waals surface area contributed by atoms with Gasteiger partial charge in [0.05, 0.1) is 36.2 Å². The van der Waals surface area contributed by atoms with Crippen LogP contribution in [0.2, 0.25) is 5.02 Å². The molecule has 1 N–H and O–H groups in total. The number of rotatable bonds is 5. The second-order valence-electron chi connectivity index (χ2n) is 4.28. The van der Waals surface area contributed by atoms with Crippen LogP contribution in [0, 0.1) is 6.92 Å². The van der Waals surface area contributed by atoms with Crippen molar-refractivity contribution in [2.45, 2.75) is 26.5 Å². The highest BCUT2D eigenvalue weighted by Crippen LogP contribution is 2.21. The lowest BCUT2D eigenvalue weighted by Gasteiger charge is -2.13. The topological polar surface area (TPSA) is 47.3 Å². The van der Waals surface area contributed by atoms with Crippen molar-refractivity contribution in [1.82, 2.24) is 9.78 Å². The molecule has 0 saturated heterocycles. The first-order valence-corrected chi connectivity index (χ1v) is 6.58. The Morgan fingerprint density at radius 1 is 1.37 bits per heavy atom. The molecule has 1 aromatic heterocycles. The molecule has 0 spiro atoms. The van der Waals surface area contributed by atoms with E-state index in [0.717, 1.165) is 17.0 Å². The van der Waals surface area contributed by atoms with Gasteiger partial charge in [-0.25, -0.2) is 0 Å². The smallest absolute Gasteiger partial charge is 0.119 e. The van der Waals surface area contributed by atoms with Crippen LogP contribution in [0.5, 0.6) is 5.75 Å². The maximum atomic E-state index is 10.2. The number of benzene rings is 1. The van der Waals surface area contributed by atoms with E-state index in [9.17, 15) is 5.11 Å². The second-order valence-corrected chi connectivity index (χ2v) is 4.69. The molecular weight excluding hydrogens is 264 g/mol. The highest BCUT2D eigenvalue weighted by molar-refractivity contribution is 6.31. The third kappa shape index (κ3) is 3.28. The van der Waals surface area contributed by atoms with Gasteiger partial charge in [0, 0.05) is 0 Å². The van der Waals surface area contributed by atoms with Gasteiger partial charge in [-0.2, -0.15) is 5.10 Å². The zero-order valence-corrected chi connectivity index (χ0v) is 11.8. The number of ether oxygens (including phenoxy) is 1. The minimum absolute atomic E-state index is 0.381. The summed E-state index contributed by atoms with van der Waals surface area (Å²) in [5, 5.41) is 14.9. The lowest BCUT2D eigenvalue weighted by atomic mass is 10.1. The van der Waals surface area contributed by atoms with Crippen molar-refractivity contribution in [2.24, 2.45) is 0 Å². The average Bonchev–Trinajstić information content (AvgIpc) is 2.72. The molecule has 0 amide bonds. The number of hydrogen-bond acceptors (Lipinski definition) is 3. The highest BCUT2D eigenvalue weighted by atomic mass is 35.5. The molecule has 102 valence electrons. The Kier molecular flexibility index (Phi) is 4.45. The van der Waals surface area contributed by atoms with Crippen LogP contribution >= 0.6 is 11.6 Å². The molecule has 0 aliphatic heterocycles. The van der Waals surface area contributed by atoms with E-state index in [2.05, 4.69) is 5.10 Å². The van der Waals surface area contributed by atoms with E-state index in [1.165, 1.54) is 0 Å². The number of aliphatic hydroxyl groups is 1. The number of hydrogen-bond donors (Lipinski definition) is 1. The van der Waals surface area contributed by atoms with E-state index < -0.39 is 6.10 Å². The van der Waals surface area contributed by atoms with Crippen molar-refractivity contribution in [3.05, 3.63) is 46.7 Å². The molecule has 0 aliphatic rings. The monoisotopic (exact) mass is 280 g/mol. The molecule has 0 bridgehead atoms. The van der Waals surface area contributed by atoms with Crippen molar-refractivity contribution in [1.29, 1.82) is 0 Å². The van der Waals surface area contributed by atoms with E-state index in [0.29, 0.717) is 18.2 Å². The molecule has 19 heavy (non-hydrogen) atoms. The summed E-state index contributed by atoms with van der Waals surface area (Å²) in [6, 6.07) is 7.42. The van der Waals surface area contributed by atoms with Crippen LogP contribution in [0.1, 0.15) is 24.3 Å². The first kappa shape index (κ1) is 13.9. The summed E-state index contributed by atoms with van der Waals surface area (Å²) in [5.41, 5.74) is 1.68. The summed E-state index contributed by atoms with van der Waals surface area (Å²) in [4.78, 5) is 0. The molecule has 1 aromatic carbocycles. The van der Waals surface area contributed by atoms with Crippen molar-refractivity contribution in [3.63, 3.8) is 0 Å². The van der Waals surface area contributed by atoms with Gasteiger partial charge >= 0.3 is 0 Å². The van der Waals surface area contributed by atoms with Gasteiger partial charge in [0.15, 0.2) is 0 Å². The summed E-state index contributed by atoms with van der Waals surface area (Å²) in [5.74, 6) is 0.803. The minimum atomic E-state index is -0.620. The maximum Gasteiger partial charge on any atom is 0.119 e. The third-order valence-electron chi connectivity index (χ3n) is 2.97. The van der Waals surface area contributed by atoms with Crippen molar-refractivity contribution < 1.29 is 9.84 Å². The fraction of sp³-hybridized carbons (Fsp3) is 0.357. The lowest BCUT2D eigenvalue weighted by Crippen LogP contribution is -2.11. The van der Waals surface area contributed by atoms with Gasteiger partial charge in [0.2, 0.25) is 0 Å². The average molecular weight is 281 g/mol. The SMILES string of the molecule is CCOc1ccc(C(O)Cn2ncc(Cl)c2C)cc1. The van der Waals surface area contributed by atoms with Gasteiger partial charge in [-0.1, -0.05) is 23.7 Å². The summed E-state index contributed by atoms with van der Waals surface area (Å²) >= 11 is 5.93. The molecule has 2 aromatic rings. The first-order chi connectivity index (χ1) is 9.11. The van der Waals surface area contributed by atoms with E-state index >= 15 is 0 Å². The van der Waals surface area contributed by atoms with Crippen LogP contribution in [0.25, 0.3) is 0 Å². The predicted molar refractivity (Wildman–Crippen MR) is 74.5 cm³/mol. The molecule has 0 fully saturated rings. The molecule has 2 rings (SSSR count). The zero-order valence-electron chi connectivity index (χ0n) is 11.0. The van der Waals surface area contributed by atoms with Crippen molar-refractivity contribution in [2.75, 3.05) is 6.61 Å². The van der Waals surface area contributed by atoms with E-state index in [1.54, 1.807) is 10.9 Å². The Morgan fingerprint density at radius 2 is 2.05 bits per heavy atom. The van der Waals surface area contributed by atoms with Crippen LogP contribution in [0.3, 0.4) is 0 Å². The zero-order chi connectivity index (χ0) is 13.8. The summed E-state index contributed by atoms with van der Waals surface area (Å²) in [7, 11) is 0. The van der Waals surface area contributed by atoms with E-state index in [-0.39, 0.29) is 0 Å². The normalized spacial score (nSPS) is 12.4. The van der Waals surface area contributed by atoms with Gasteiger partial charge in [0.1, 0.15) is 5.75 Å². The number of aromatic nitrogens is 2. The number of aliphatic hydroxyl groups excluding tert-OH is 1. The van der Waals surface area contributed by atoms with Gasteiger partial charge in [0.25, 0.3) is 0 Å². The van der Waals surface area contributed by atoms with Gasteiger partial charge in [-0.15, -0.1) is 0 Å². The molecule has 0 radical (unpaired) electrons. The highest BCUT2D eigenvalue weighted by Gasteiger charge is 2.12. The maximum absolute atomic E-state index is 10.2. The van der Waals surface area contributed by atoms with E-state index in [4.69, 9.17) is 16.3 Å². The molecule has 5 heteroatoms. The molecule has 1 atom stereocenters. The first-order valence-electron chi connectivity index (χ1n) is 6.20. The quantitative estimate of drug-likeness (QED) is 0.916. The van der Waals surface area contributed by atoms with Gasteiger partial charge in [-0.05, 0) is 31.5 Å². The Labute approximate surface area is 117 Å². The standard InChI is InChI=1S/C14H17ClN2O2/c1-3-19-12-6-4-11(5-7-12)14(18)9-17-10(2)13(15)8-16-17/h4-8,14,18H,3,9H2,1-2H3. The van der Waals surface area contributed by atoms with Crippen LogP contribution < -0.4 is 4.74 Å². The van der Waals surface area contributed by atoms with Crippen LogP contribution in [0.4, 0.5) is 0 Å². The molecule has 0 aliphatic carbocycles. The van der Waals surface area contributed by atoms with E-state index in [1.807, 2.05) is 38.1 Å². The summed E-state index contributed by atoms with van der Waals surface area (Å²) in [6.45, 7) is 4.83. The van der Waals surface area contributed by atoms with Crippen molar-refractivity contribution >= 4 is 11.6 Å². The van der Waals surface area contributed by atoms with Gasteiger partial charge in [-0.3, -0.25) is 4.68 Å². The fourth-order valence-corrected chi connectivity index (χ4v) is 1.97. The van der Waals surface area contributed by atoms with Crippen LogP contribution in [-0.2, 0) is 6.54 Å². The Morgan fingerprint density at radius 3 is 2.58 bits per heavy atom. The molecule has 1 heterocycles. The van der Waals surface area contributed by atoms with Crippen molar-refractivity contribution in [3.8, 4) is 5.75 Å². The summed E-state index contributed by atoms with van der Waals surface area (Å²) in [6.07, 6.45) is 0.965. The number of nitrogens with zero attached hydrogens (tertiary/aromatic N) is 2. The molecular formula is C14H17ClN2O2. The largest absolute Gasteiger partial charge is 0.494 e. The Bertz CT molecular complexity index is 537. The summed E-state index contributed by atoms with van der Waals surface area (Å²) < 4.78 is 7.06. The van der Waals surface area contributed by atoms with Crippen LogP contribution in [-0.4, -0.2) is 21.5 Å². The molecule has 1 unspecified atom stereocenters. The molecule has 4 nitrogen and oxygen atoms in total.